The van der Waals surface area contributed by atoms with E-state index in [1.54, 1.807) is 6.26 Å². The third kappa shape index (κ3) is 3.10. The van der Waals surface area contributed by atoms with Gasteiger partial charge in [-0.05, 0) is 19.1 Å². The molecule has 20 heavy (non-hydrogen) atoms. The van der Waals surface area contributed by atoms with Crippen molar-refractivity contribution in [2.24, 2.45) is 0 Å². The zero-order valence-electron chi connectivity index (χ0n) is 12.7. The Morgan fingerprint density at radius 1 is 1.30 bits per heavy atom. The van der Waals surface area contributed by atoms with Crippen molar-refractivity contribution < 1.29 is 9.15 Å². The fraction of sp³-hybridized carbons (Fsp3) is 0.467. The maximum atomic E-state index is 5.77. The van der Waals surface area contributed by atoms with E-state index in [-0.39, 0.29) is 5.41 Å². The molecule has 0 aromatic carbocycles. The topological polar surface area (TPSA) is 60.2 Å². The molecule has 0 aliphatic carbocycles. The molecule has 0 bridgehead atoms. The summed E-state index contributed by atoms with van der Waals surface area (Å²) in [7, 11) is 1.85. The van der Waals surface area contributed by atoms with Crippen LogP contribution in [0, 0.1) is 6.92 Å². The molecule has 2 rings (SSSR count). The largest absolute Gasteiger partial charge is 0.469 e. The first kappa shape index (κ1) is 14.4. The number of aromatic nitrogens is 2. The lowest BCUT2D eigenvalue weighted by atomic mass is 9.95. The maximum Gasteiger partial charge on any atom is 0.222 e. The molecule has 2 heterocycles. The molecule has 0 atom stereocenters. The number of anilines is 1. The zero-order chi connectivity index (χ0) is 14.8. The summed E-state index contributed by atoms with van der Waals surface area (Å²) in [5, 5.41) is 3.09. The van der Waals surface area contributed by atoms with E-state index in [1.165, 1.54) is 0 Å². The number of hydrogen-bond donors (Lipinski definition) is 1. The summed E-state index contributed by atoms with van der Waals surface area (Å²) in [6.07, 6.45) is 1.63. The van der Waals surface area contributed by atoms with Gasteiger partial charge in [0.05, 0.1) is 11.8 Å². The van der Waals surface area contributed by atoms with Crippen LogP contribution in [-0.2, 0) is 12.0 Å². The average Bonchev–Trinajstić information content (AvgIpc) is 2.89. The number of rotatable bonds is 4. The highest BCUT2D eigenvalue weighted by molar-refractivity contribution is 5.48. The third-order valence-electron chi connectivity index (χ3n) is 2.94. The Balaban J connectivity index is 2.30. The van der Waals surface area contributed by atoms with Crippen molar-refractivity contribution in [1.29, 1.82) is 0 Å². The van der Waals surface area contributed by atoms with Gasteiger partial charge in [-0.25, -0.2) is 4.98 Å². The van der Waals surface area contributed by atoms with Gasteiger partial charge in [-0.1, -0.05) is 20.8 Å². The van der Waals surface area contributed by atoms with E-state index < -0.39 is 0 Å². The number of ether oxygens (including phenoxy) is 1. The zero-order valence-corrected chi connectivity index (χ0v) is 12.7. The normalized spacial score (nSPS) is 11.4. The summed E-state index contributed by atoms with van der Waals surface area (Å²) in [6, 6.07) is 3.71. The van der Waals surface area contributed by atoms with Gasteiger partial charge in [0, 0.05) is 12.5 Å². The van der Waals surface area contributed by atoms with Crippen molar-refractivity contribution in [3.63, 3.8) is 0 Å². The van der Waals surface area contributed by atoms with Gasteiger partial charge in [-0.15, -0.1) is 0 Å². The first-order valence-electron chi connectivity index (χ1n) is 6.64. The predicted molar refractivity (Wildman–Crippen MR) is 78.1 cm³/mol. The molecule has 5 heteroatoms. The van der Waals surface area contributed by atoms with Crippen LogP contribution in [0.1, 0.15) is 37.9 Å². The second kappa shape index (κ2) is 5.53. The fourth-order valence-electron chi connectivity index (χ4n) is 1.75. The van der Waals surface area contributed by atoms with Crippen LogP contribution in [0.3, 0.4) is 0 Å². The van der Waals surface area contributed by atoms with Crippen molar-refractivity contribution in [1.82, 2.24) is 9.97 Å². The lowest BCUT2D eigenvalue weighted by Crippen LogP contribution is -2.18. The highest BCUT2D eigenvalue weighted by Gasteiger charge is 2.21. The van der Waals surface area contributed by atoms with E-state index in [0.717, 1.165) is 23.0 Å². The first-order chi connectivity index (χ1) is 9.41. The summed E-state index contributed by atoms with van der Waals surface area (Å²) >= 11 is 0. The number of hydrogen-bond acceptors (Lipinski definition) is 5. The molecule has 0 saturated carbocycles. The molecule has 0 fully saturated rings. The van der Waals surface area contributed by atoms with Crippen molar-refractivity contribution in [3.05, 3.63) is 35.5 Å². The molecule has 0 aliphatic heterocycles. The molecule has 0 saturated heterocycles. The van der Waals surface area contributed by atoms with Crippen molar-refractivity contribution in [2.45, 2.75) is 39.7 Å². The second-order valence-corrected chi connectivity index (χ2v) is 5.69. The van der Waals surface area contributed by atoms with Crippen molar-refractivity contribution in [2.75, 3.05) is 12.4 Å². The highest BCUT2D eigenvalue weighted by Crippen LogP contribution is 2.27. The van der Waals surface area contributed by atoms with Gasteiger partial charge in [0.25, 0.3) is 0 Å². The van der Waals surface area contributed by atoms with Gasteiger partial charge in [0.1, 0.15) is 24.0 Å². The van der Waals surface area contributed by atoms with E-state index in [2.05, 4.69) is 36.1 Å². The van der Waals surface area contributed by atoms with Crippen LogP contribution in [0.4, 0.5) is 5.82 Å². The molecule has 0 spiro atoms. The Morgan fingerprint density at radius 3 is 2.60 bits per heavy atom. The Bertz CT molecular complexity index is 572. The van der Waals surface area contributed by atoms with Gasteiger partial charge in [0.15, 0.2) is 0 Å². The molecule has 0 unspecified atom stereocenters. The van der Waals surface area contributed by atoms with E-state index in [4.69, 9.17) is 9.15 Å². The Kier molecular flexibility index (Phi) is 3.97. The minimum Gasteiger partial charge on any atom is -0.469 e. The van der Waals surface area contributed by atoms with Crippen LogP contribution in [0.25, 0.3) is 0 Å². The summed E-state index contributed by atoms with van der Waals surface area (Å²) in [4.78, 5) is 9.08. The van der Waals surface area contributed by atoms with Gasteiger partial charge in [-0.2, -0.15) is 4.98 Å². The molecule has 2 aromatic rings. The molecule has 108 valence electrons. The van der Waals surface area contributed by atoms with E-state index in [1.807, 2.05) is 26.1 Å². The van der Waals surface area contributed by atoms with Crippen molar-refractivity contribution >= 4 is 5.82 Å². The molecule has 2 aromatic heterocycles. The summed E-state index contributed by atoms with van der Waals surface area (Å²) < 4.78 is 11.0. The molecule has 0 radical (unpaired) electrons. The molecular formula is C15H21N3O2. The Morgan fingerprint density at radius 2 is 2.05 bits per heavy atom. The minimum atomic E-state index is -0.137. The monoisotopic (exact) mass is 275 g/mol. The van der Waals surface area contributed by atoms with Crippen LogP contribution in [0.5, 0.6) is 5.88 Å². The molecule has 0 aliphatic rings. The van der Waals surface area contributed by atoms with Crippen LogP contribution >= 0.6 is 0 Å². The van der Waals surface area contributed by atoms with Gasteiger partial charge >= 0.3 is 0 Å². The maximum absolute atomic E-state index is 5.77. The van der Waals surface area contributed by atoms with Crippen LogP contribution in [0.15, 0.2) is 22.8 Å². The Labute approximate surface area is 119 Å². The quantitative estimate of drug-likeness (QED) is 0.927. The lowest BCUT2D eigenvalue weighted by molar-refractivity contribution is 0.256. The number of furan rings is 1. The third-order valence-corrected chi connectivity index (χ3v) is 2.94. The highest BCUT2D eigenvalue weighted by atomic mass is 16.5. The van der Waals surface area contributed by atoms with E-state index in [9.17, 15) is 0 Å². The molecule has 1 N–H and O–H groups in total. The summed E-state index contributed by atoms with van der Waals surface area (Å²) in [5.74, 6) is 2.90. The molecule has 5 nitrogen and oxygen atoms in total. The standard InChI is InChI=1S/C15H21N3O2/c1-10-12(16-5)17-14(15(2,3)4)18-13(10)20-9-11-7-6-8-19-11/h6-8H,9H2,1-5H3,(H,16,17,18). The lowest BCUT2D eigenvalue weighted by Gasteiger charge is -2.20. The summed E-state index contributed by atoms with van der Waals surface area (Å²) in [5.41, 5.74) is 0.759. The SMILES string of the molecule is CNc1nc(C(C)(C)C)nc(OCc2ccco2)c1C. The minimum absolute atomic E-state index is 0.137. The van der Waals surface area contributed by atoms with Gasteiger partial charge in [-0.3, -0.25) is 0 Å². The van der Waals surface area contributed by atoms with Crippen molar-refractivity contribution in [3.8, 4) is 5.88 Å². The van der Waals surface area contributed by atoms with E-state index in [0.29, 0.717) is 12.5 Å². The van der Waals surface area contributed by atoms with Gasteiger partial charge in [0.2, 0.25) is 5.88 Å². The smallest absolute Gasteiger partial charge is 0.222 e. The van der Waals surface area contributed by atoms with Crippen LogP contribution in [-0.4, -0.2) is 17.0 Å². The predicted octanol–water partition coefficient (Wildman–Crippen LogP) is 3.30. The van der Waals surface area contributed by atoms with Crippen LogP contribution < -0.4 is 10.1 Å². The second-order valence-electron chi connectivity index (χ2n) is 5.69. The Hall–Kier alpha value is -2.04. The molecular weight excluding hydrogens is 254 g/mol. The van der Waals surface area contributed by atoms with Gasteiger partial charge < -0.3 is 14.5 Å². The fourth-order valence-corrected chi connectivity index (χ4v) is 1.75. The van der Waals surface area contributed by atoms with E-state index >= 15 is 0 Å². The summed E-state index contributed by atoms with van der Waals surface area (Å²) in [6.45, 7) is 8.53. The van der Waals surface area contributed by atoms with Crippen LogP contribution in [0.2, 0.25) is 0 Å². The molecule has 0 amide bonds. The average molecular weight is 275 g/mol. The first-order valence-corrected chi connectivity index (χ1v) is 6.64. The number of nitrogens with one attached hydrogen (secondary N) is 1. The number of nitrogens with zero attached hydrogens (tertiary/aromatic N) is 2.